The Hall–Kier alpha value is -4.14. The van der Waals surface area contributed by atoms with Crippen molar-refractivity contribution in [2.45, 2.75) is 36.6 Å². The third-order valence-corrected chi connectivity index (χ3v) is 10.6. The molecule has 2 fully saturated rings. The molecule has 4 amide bonds. The molecule has 3 atom stereocenters. The highest BCUT2D eigenvalue weighted by Gasteiger charge is 2.51. The highest BCUT2D eigenvalue weighted by atomic mass is 32.7. The van der Waals surface area contributed by atoms with E-state index in [-0.39, 0.29) is 50.2 Å². The van der Waals surface area contributed by atoms with Crippen molar-refractivity contribution < 1.29 is 28.2 Å². The number of nitrogen functional groups attached to an aromatic ring is 1. The number of benzene rings is 3. The SMILES string of the molecule is CN(C(=O)NCc1ccc(F)cc1)N1CC(=O)N2[C@H]1CN(Cc1cccc3sc(N)nc13)C(=O)[C@@H]2Cc1ccc(S[P+](=O)O)cc1. The molecule has 0 aliphatic carbocycles. The van der Waals surface area contributed by atoms with Crippen molar-refractivity contribution in [1.29, 1.82) is 0 Å². The number of carbonyl (C=O) groups excluding carboxylic acids is 3. The normalized spacial score (nSPS) is 18.6. The van der Waals surface area contributed by atoms with Gasteiger partial charge in [-0.05, 0) is 51.6 Å². The summed E-state index contributed by atoms with van der Waals surface area (Å²) in [5, 5.41) is 6.23. The Morgan fingerprint density at radius 1 is 1.15 bits per heavy atom. The number of rotatable bonds is 9. The molecule has 0 bridgehead atoms. The molecule has 16 heteroatoms. The number of nitrogens with one attached hydrogen (secondary N) is 1. The highest BCUT2D eigenvalue weighted by molar-refractivity contribution is 8.50. The van der Waals surface area contributed by atoms with Crippen molar-refractivity contribution in [3.05, 3.63) is 89.2 Å². The van der Waals surface area contributed by atoms with Gasteiger partial charge in [-0.2, -0.15) is 9.90 Å². The summed E-state index contributed by atoms with van der Waals surface area (Å²) in [6, 6.07) is 17.1. The molecule has 12 nitrogen and oxygen atoms in total. The second-order valence-corrected chi connectivity index (χ2v) is 14.6. The minimum Gasteiger partial charge on any atom is -0.375 e. The van der Waals surface area contributed by atoms with Crippen LogP contribution in [0.25, 0.3) is 10.2 Å². The lowest BCUT2D eigenvalue weighted by Crippen LogP contribution is -2.65. The molecule has 46 heavy (non-hydrogen) atoms. The number of hydrogen-bond donors (Lipinski definition) is 3. The number of halogens is 1. The first kappa shape index (κ1) is 31.8. The van der Waals surface area contributed by atoms with E-state index in [0.29, 0.717) is 21.1 Å². The minimum absolute atomic E-state index is 0.111. The summed E-state index contributed by atoms with van der Waals surface area (Å²) < 4.78 is 25.5. The van der Waals surface area contributed by atoms with Crippen molar-refractivity contribution in [2.24, 2.45) is 0 Å². The average Bonchev–Trinajstić information content (AvgIpc) is 3.58. The van der Waals surface area contributed by atoms with Gasteiger partial charge in [0, 0.05) is 26.6 Å². The van der Waals surface area contributed by atoms with Crippen LogP contribution >= 0.6 is 29.9 Å². The molecule has 3 aromatic carbocycles. The van der Waals surface area contributed by atoms with Gasteiger partial charge in [0.15, 0.2) is 16.5 Å². The quantitative estimate of drug-likeness (QED) is 0.223. The minimum atomic E-state index is -2.42. The van der Waals surface area contributed by atoms with Crippen LogP contribution in [0.2, 0.25) is 0 Å². The van der Waals surface area contributed by atoms with Crippen LogP contribution < -0.4 is 11.1 Å². The van der Waals surface area contributed by atoms with E-state index < -0.39 is 25.5 Å². The van der Waals surface area contributed by atoms with Crippen molar-refractivity contribution in [3.63, 3.8) is 0 Å². The Morgan fingerprint density at radius 3 is 2.59 bits per heavy atom. The number of piperazine rings is 1. The first-order chi connectivity index (χ1) is 22.1. The summed E-state index contributed by atoms with van der Waals surface area (Å²) in [5.74, 6) is -0.910. The number of thiazole rings is 1. The molecule has 1 unspecified atom stereocenters. The number of nitrogens with two attached hydrogens (primary N) is 1. The Balaban J connectivity index is 1.27. The second-order valence-electron chi connectivity index (χ2n) is 10.9. The predicted octanol–water partition coefficient (Wildman–Crippen LogP) is 3.94. The number of carbonyl (C=O) groups is 3. The van der Waals surface area contributed by atoms with Crippen LogP contribution in [-0.4, -0.2) is 79.9 Å². The topological polar surface area (TPSA) is 152 Å². The Bertz CT molecular complexity index is 1810. The molecule has 6 rings (SSSR count). The van der Waals surface area contributed by atoms with E-state index in [1.807, 2.05) is 18.2 Å². The van der Waals surface area contributed by atoms with E-state index in [1.54, 1.807) is 58.3 Å². The van der Waals surface area contributed by atoms with E-state index in [4.69, 9.17) is 5.73 Å². The summed E-state index contributed by atoms with van der Waals surface area (Å²) >= 11 is 2.19. The second kappa shape index (κ2) is 13.3. The molecule has 0 saturated carbocycles. The molecule has 0 spiro atoms. The van der Waals surface area contributed by atoms with Crippen molar-refractivity contribution in [1.82, 2.24) is 30.1 Å². The zero-order chi connectivity index (χ0) is 32.5. The van der Waals surface area contributed by atoms with Gasteiger partial charge in [0.2, 0.25) is 11.8 Å². The molecule has 2 aliphatic rings. The van der Waals surface area contributed by atoms with Gasteiger partial charge in [-0.1, -0.05) is 47.7 Å². The molecule has 2 saturated heterocycles. The number of fused-ring (bicyclic) bond motifs is 2. The van der Waals surface area contributed by atoms with E-state index in [2.05, 4.69) is 10.3 Å². The van der Waals surface area contributed by atoms with Gasteiger partial charge in [-0.3, -0.25) is 14.6 Å². The zero-order valence-corrected chi connectivity index (χ0v) is 27.1. The number of hydrogen-bond acceptors (Lipinski definition) is 9. The molecule has 4 N–H and O–H groups in total. The smallest absolute Gasteiger partial charge is 0.375 e. The van der Waals surface area contributed by atoms with E-state index in [0.717, 1.165) is 27.2 Å². The molecule has 0 radical (unpaired) electrons. The van der Waals surface area contributed by atoms with Gasteiger partial charge in [0.05, 0.1) is 28.2 Å². The number of nitrogens with zero attached hydrogens (tertiary/aromatic N) is 5. The van der Waals surface area contributed by atoms with Crippen LogP contribution in [0.1, 0.15) is 16.7 Å². The third-order valence-electron chi connectivity index (χ3n) is 8.02. The number of urea groups is 1. The Morgan fingerprint density at radius 2 is 1.87 bits per heavy atom. The number of aromatic nitrogens is 1. The van der Waals surface area contributed by atoms with Crippen molar-refractivity contribution in [3.8, 4) is 0 Å². The lowest BCUT2D eigenvalue weighted by Gasteiger charge is -2.45. The van der Waals surface area contributed by atoms with Crippen LogP contribution in [0.5, 0.6) is 0 Å². The van der Waals surface area contributed by atoms with Crippen molar-refractivity contribution in [2.75, 3.05) is 25.9 Å². The summed E-state index contributed by atoms with van der Waals surface area (Å²) in [6.07, 6.45) is -0.430. The monoisotopic (exact) mass is 682 g/mol. The molecular weight excluding hydrogens is 652 g/mol. The van der Waals surface area contributed by atoms with Gasteiger partial charge < -0.3 is 20.9 Å². The standard InChI is InChI=1S/C30H29FN7O5PS2/c1-35(30(41)33-14-19-5-9-21(31)10-6-19)37-17-26(39)38-23(13-18-7-11-22(12-8-18)46-44(42)43)28(40)36(16-25(37)38)15-20-3-2-4-24-27(20)34-29(32)45-24/h2-12,23,25H,13-17H2,1H3,(H3-,32,33,34,41,42,43)/p+1/t23-,25-/m0/s1. The fraction of sp³-hybridized carbons (Fsp3) is 0.267. The van der Waals surface area contributed by atoms with Crippen LogP contribution in [-0.2, 0) is 33.7 Å². The maximum atomic E-state index is 14.1. The third kappa shape index (κ3) is 6.69. The molecular formula is C30H30FN7O5PS2+. The molecule has 1 aromatic heterocycles. The van der Waals surface area contributed by atoms with Crippen LogP contribution in [0.15, 0.2) is 71.6 Å². The largest absolute Gasteiger partial charge is 0.588 e. The lowest BCUT2D eigenvalue weighted by atomic mass is 10.00. The Kier molecular flexibility index (Phi) is 9.20. The molecule has 4 aromatic rings. The van der Waals surface area contributed by atoms with Crippen LogP contribution in [0, 0.1) is 5.82 Å². The number of hydrazine groups is 1. The lowest BCUT2D eigenvalue weighted by molar-refractivity contribution is -0.157. The van der Waals surface area contributed by atoms with Crippen LogP contribution in [0.3, 0.4) is 0 Å². The van der Waals surface area contributed by atoms with E-state index in [1.165, 1.54) is 28.5 Å². The maximum Gasteiger partial charge on any atom is 0.588 e. The first-order valence-electron chi connectivity index (χ1n) is 14.3. The number of amides is 4. The summed E-state index contributed by atoms with van der Waals surface area (Å²) in [7, 11) is -0.854. The predicted molar refractivity (Wildman–Crippen MR) is 173 cm³/mol. The van der Waals surface area contributed by atoms with E-state index >= 15 is 0 Å². The summed E-state index contributed by atoms with van der Waals surface area (Å²) in [6.45, 7) is 0.417. The van der Waals surface area contributed by atoms with Gasteiger partial charge in [0.25, 0.3) is 0 Å². The maximum absolute atomic E-state index is 14.1. The number of anilines is 1. The fourth-order valence-corrected chi connectivity index (χ4v) is 7.94. The van der Waals surface area contributed by atoms with Gasteiger partial charge >= 0.3 is 13.3 Å². The summed E-state index contributed by atoms with van der Waals surface area (Å²) in [5.41, 5.74) is 8.98. The fourth-order valence-electron chi connectivity index (χ4n) is 5.82. The summed E-state index contributed by atoms with van der Waals surface area (Å²) in [4.78, 5) is 58.5. The zero-order valence-electron chi connectivity index (χ0n) is 24.6. The molecule has 2 aliphatic heterocycles. The molecule has 3 heterocycles. The van der Waals surface area contributed by atoms with E-state index in [9.17, 15) is 28.2 Å². The number of para-hydroxylation sites is 1. The van der Waals surface area contributed by atoms with Crippen LogP contribution in [0.4, 0.5) is 14.3 Å². The molecule has 238 valence electrons. The highest BCUT2D eigenvalue weighted by Crippen LogP contribution is 2.40. The van der Waals surface area contributed by atoms with Gasteiger partial charge in [-0.25, -0.2) is 14.2 Å². The van der Waals surface area contributed by atoms with Gasteiger partial charge in [0.1, 0.15) is 18.0 Å². The first-order valence-corrected chi connectivity index (χ1v) is 17.7. The van der Waals surface area contributed by atoms with Crippen molar-refractivity contribution >= 4 is 63.1 Å². The average molecular weight is 683 g/mol. The Labute approximate surface area is 272 Å². The van der Waals surface area contributed by atoms with Gasteiger partial charge in [-0.15, -0.1) is 0 Å².